The van der Waals surface area contributed by atoms with Crippen molar-refractivity contribution < 1.29 is 13.3 Å². The number of benzene rings is 1. The van der Waals surface area contributed by atoms with Crippen LogP contribution in [0.4, 0.5) is 5.69 Å². The van der Waals surface area contributed by atoms with E-state index in [1.807, 2.05) is 6.92 Å². The smallest absolute Gasteiger partial charge is 0.270 e. The summed E-state index contributed by atoms with van der Waals surface area (Å²) in [4.78, 5) is 9.83. The Morgan fingerprint density at radius 2 is 2.00 bits per heavy atom. The van der Waals surface area contributed by atoms with Gasteiger partial charge in [0.1, 0.15) is 0 Å². The number of likely N-dealkylation sites (N-methyl/N-ethyl adjacent to an activating group) is 1. The Balaban J connectivity index is 0.00000324. The molecule has 0 bridgehead atoms. The van der Waals surface area contributed by atoms with E-state index in [2.05, 4.69) is 10.0 Å². The maximum atomic E-state index is 11.8. The molecule has 0 saturated carbocycles. The molecule has 0 aromatic heterocycles. The SMILES string of the molecule is CCNCCNS(=O)(=O)c1cccc([N+](=O)[O-])c1.Cl. The van der Waals surface area contributed by atoms with E-state index in [1.54, 1.807) is 0 Å². The van der Waals surface area contributed by atoms with Gasteiger partial charge in [0.05, 0.1) is 9.82 Å². The molecule has 19 heavy (non-hydrogen) atoms. The van der Waals surface area contributed by atoms with Crippen LogP contribution in [0.1, 0.15) is 6.92 Å². The second kappa shape index (κ2) is 8.05. The molecule has 0 aliphatic heterocycles. The topological polar surface area (TPSA) is 101 Å². The molecule has 0 amide bonds. The maximum absolute atomic E-state index is 11.8. The van der Waals surface area contributed by atoms with E-state index in [0.717, 1.165) is 12.6 Å². The summed E-state index contributed by atoms with van der Waals surface area (Å²) in [5.74, 6) is 0. The Hall–Kier alpha value is -1.22. The fraction of sp³-hybridized carbons (Fsp3) is 0.400. The van der Waals surface area contributed by atoms with E-state index < -0.39 is 14.9 Å². The third-order valence-corrected chi connectivity index (χ3v) is 3.64. The van der Waals surface area contributed by atoms with E-state index in [4.69, 9.17) is 0 Å². The Bertz CT molecular complexity index is 521. The van der Waals surface area contributed by atoms with Gasteiger partial charge in [-0.25, -0.2) is 13.1 Å². The molecule has 1 aromatic carbocycles. The number of sulfonamides is 1. The van der Waals surface area contributed by atoms with Crippen molar-refractivity contribution in [3.63, 3.8) is 0 Å². The minimum Gasteiger partial charge on any atom is -0.316 e. The summed E-state index contributed by atoms with van der Waals surface area (Å²) >= 11 is 0. The molecule has 108 valence electrons. The molecule has 0 heterocycles. The van der Waals surface area contributed by atoms with Crippen LogP contribution in [-0.4, -0.2) is 33.0 Å². The van der Waals surface area contributed by atoms with Crippen molar-refractivity contribution in [1.29, 1.82) is 0 Å². The first-order valence-electron chi connectivity index (χ1n) is 5.42. The standard InChI is InChI=1S/C10H15N3O4S.ClH/c1-2-11-6-7-12-18(16,17)10-5-3-4-9(8-10)13(14)15;/h3-5,8,11-12H,2,6-7H2,1H3;1H. The lowest BCUT2D eigenvalue weighted by molar-refractivity contribution is -0.385. The summed E-state index contributed by atoms with van der Waals surface area (Å²) in [7, 11) is -3.69. The van der Waals surface area contributed by atoms with Crippen LogP contribution in [0.2, 0.25) is 0 Å². The minimum absolute atomic E-state index is 0. The number of non-ortho nitro benzene ring substituents is 1. The molecule has 0 aliphatic rings. The van der Waals surface area contributed by atoms with Crippen LogP contribution in [-0.2, 0) is 10.0 Å². The lowest BCUT2D eigenvalue weighted by atomic mass is 10.3. The van der Waals surface area contributed by atoms with Crippen LogP contribution >= 0.6 is 12.4 Å². The summed E-state index contributed by atoms with van der Waals surface area (Å²) in [5, 5.41) is 13.5. The predicted molar refractivity (Wildman–Crippen MR) is 74.1 cm³/mol. The largest absolute Gasteiger partial charge is 0.316 e. The highest BCUT2D eigenvalue weighted by Gasteiger charge is 2.16. The number of halogens is 1. The first kappa shape index (κ1) is 17.8. The average Bonchev–Trinajstić information content (AvgIpc) is 2.35. The molecule has 1 rings (SSSR count). The molecule has 2 N–H and O–H groups in total. The van der Waals surface area contributed by atoms with Crippen molar-refractivity contribution in [2.24, 2.45) is 0 Å². The van der Waals surface area contributed by atoms with Gasteiger partial charge in [0.15, 0.2) is 0 Å². The molecular weight excluding hydrogens is 294 g/mol. The number of hydrogen-bond donors (Lipinski definition) is 2. The Morgan fingerprint density at radius 3 is 2.58 bits per heavy atom. The summed E-state index contributed by atoms with van der Waals surface area (Å²) < 4.78 is 26.0. The molecule has 0 fully saturated rings. The van der Waals surface area contributed by atoms with Crippen LogP contribution in [0.5, 0.6) is 0 Å². The fourth-order valence-electron chi connectivity index (χ4n) is 1.30. The zero-order valence-electron chi connectivity index (χ0n) is 10.3. The summed E-state index contributed by atoms with van der Waals surface area (Å²) in [5.41, 5.74) is -0.246. The second-order valence-corrected chi connectivity index (χ2v) is 5.27. The summed E-state index contributed by atoms with van der Waals surface area (Å²) in [6, 6.07) is 4.95. The third-order valence-electron chi connectivity index (χ3n) is 2.18. The molecule has 1 aromatic rings. The number of nitrogens with zero attached hydrogens (tertiary/aromatic N) is 1. The molecular formula is C10H16ClN3O4S. The van der Waals surface area contributed by atoms with Crippen molar-refractivity contribution in [1.82, 2.24) is 10.0 Å². The minimum atomic E-state index is -3.69. The number of nitrogens with one attached hydrogen (secondary N) is 2. The molecule has 9 heteroatoms. The Kier molecular flexibility index (Phi) is 7.53. The molecule has 0 spiro atoms. The predicted octanol–water partition coefficient (Wildman–Crippen LogP) is 0.904. The van der Waals surface area contributed by atoms with Crippen molar-refractivity contribution >= 4 is 28.1 Å². The molecule has 7 nitrogen and oxygen atoms in total. The maximum Gasteiger partial charge on any atom is 0.270 e. The quantitative estimate of drug-likeness (QED) is 0.443. The number of nitro groups is 1. The van der Waals surface area contributed by atoms with Gasteiger partial charge in [-0.15, -0.1) is 12.4 Å². The van der Waals surface area contributed by atoms with Gasteiger partial charge in [0.25, 0.3) is 5.69 Å². The van der Waals surface area contributed by atoms with Crippen LogP contribution in [0.3, 0.4) is 0 Å². The van der Waals surface area contributed by atoms with Gasteiger partial charge in [-0.1, -0.05) is 13.0 Å². The zero-order chi connectivity index (χ0) is 13.6. The van der Waals surface area contributed by atoms with E-state index in [0.29, 0.717) is 6.54 Å². The van der Waals surface area contributed by atoms with Crippen molar-refractivity contribution in [3.05, 3.63) is 34.4 Å². The highest BCUT2D eigenvalue weighted by atomic mass is 35.5. The normalized spacial score (nSPS) is 10.8. The monoisotopic (exact) mass is 309 g/mol. The fourth-order valence-corrected chi connectivity index (χ4v) is 2.37. The summed E-state index contributed by atoms with van der Waals surface area (Å²) in [6.07, 6.45) is 0. The summed E-state index contributed by atoms with van der Waals surface area (Å²) in [6.45, 7) is 3.40. The van der Waals surface area contributed by atoms with Crippen LogP contribution in [0.25, 0.3) is 0 Å². The highest BCUT2D eigenvalue weighted by molar-refractivity contribution is 7.89. The lowest BCUT2D eigenvalue weighted by Crippen LogP contribution is -2.31. The Labute approximate surface area is 118 Å². The highest BCUT2D eigenvalue weighted by Crippen LogP contribution is 2.16. The van der Waals surface area contributed by atoms with E-state index in [9.17, 15) is 18.5 Å². The van der Waals surface area contributed by atoms with Gasteiger partial charge in [-0.05, 0) is 12.6 Å². The van der Waals surface area contributed by atoms with Crippen LogP contribution in [0, 0.1) is 10.1 Å². The van der Waals surface area contributed by atoms with Crippen LogP contribution in [0.15, 0.2) is 29.2 Å². The first-order chi connectivity index (χ1) is 8.47. The number of nitro benzene ring substituents is 1. The molecule has 0 atom stereocenters. The van der Waals surface area contributed by atoms with Gasteiger partial charge in [0.2, 0.25) is 10.0 Å². The molecule has 0 aliphatic carbocycles. The van der Waals surface area contributed by atoms with E-state index in [-0.39, 0.29) is 29.5 Å². The first-order valence-corrected chi connectivity index (χ1v) is 6.90. The van der Waals surface area contributed by atoms with Crippen LogP contribution < -0.4 is 10.0 Å². The number of hydrogen-bond acceptors (Lipinski definition) is 5. The lowest BCUT2D eigenvalue weighted by Gasteiger charge is -2.06. The Morgan fingerprint density at radius 1 is 1.32 bits per heavy atom. The number of rotatable bonds is 7. The van der Waals surface area contributed by atoms with Gasteiger partial charge in [-0.2, -0.15) is 0 Å². The second-order valence-electron chi connectivity index (χ2n) is 3.51. The van der Waals surface area contributed by atoms with Gasteiger partial charge < -0.3 is 5.32 Å². The van der Waals surface area contributed by atoms with Gasteiger partial charge >= 0.3 is 0 Å². The van der Waals surface area contributed by atoms with Crippen molar-refractivity contribution in [2.75, 3.05) is 19.6 Å². The molecule has 0 saturated heterocycles. The van der Waals surface area contributed by atoms with Crippen molar-refractivity contribution in [3.8, 4) is 0 Å². The van der Waals surface area contributed by atoms with E-state index in [1.165, 1.54) is 18.2 Å². The van der Waals surface area contributed by atoms with E-state index >= 15 is 0 Å². The van der Waals surface area contributed by atoms with Gasteiger partial charge in [-0.3, -0.25) is 10.1 Å². The molecule has 0 radical (unpaired) electrons. The zero-order valence-corrected chi connectivity index (χ0v) is 12.0. The van der Waals surface area contributed by atoms with Crippen molar-refractivity contribution in [2.45, 2.75) is 11.8 Å². The molecule has 0 unspecified atom stereocenters. The van der Waals surface area contributed by atoms with Gasteiger partial charge in [0, 0.05) is 25.2 Å². The third kappa shape index (κ3) is 5.52. The average molecular weight is 310 g/mol.